The molecule has 1 unspecified atom stereocenters. The number of rotatable bonds is 5. The molecule has 0 amide bonds. The summed E-state index contributed by atoms with van der Waals surface area (Å²) in [6, 6.07) is 0.654. The third kappa shape index (κ3) is 2.78. The second-order valence-corrected chi connectivity index (χ2v) is 5.65. The zero-order chi connectivity index (χ0) is 12.2. The van der Waals surface area contributed by atoms with Crippen LogP contribution >= 0.6 is 0 Å². The first-order valence-electron chi connectivity index (χ1n) is 7.02. The van der Waals surface area contributed by atoms with E-state index < -0.39 is 0 Å². The summed E-state index contributed by atoms with van der Waals surface area (Å²) < 4.78 is 0. The molecule has 16 heavy (non-hydrogen) atoms. The van der Waals surface area contributed by atoms with Crippen molar-refractivity contribution in [3.05, 3.63) is 0 Å². The van der Waals surface area contributed by atoms with Gasteiger partial charge in [-0.25, -0.2) is 0 Å². The first-order chi connectivity index (χ1) is 7.59. The van der Waals surface area contributed by atoms with E-state index in [2.05, 4.69) is 32.7 Å². The van der Waals surface area contributed by atoms with Gasteiger partial charge in [-0.15, -0.1) is 0 Å². The number of hydrogen-bond acceptors (Lipinski definition) is 2. The summed E-state index contributed by atoms with van der Waals surface area (Å²) in [6.07, 6.45) is 7.89. The van der Waals surface area contributed by atoms with Gasteiger partial charge in [0.2, 0.25) is 0 Å². The zero-order valence-corrected chi connectivity index (χ0v) is 11.6. The highest BCUT2D eigenvalue weighted by Crippen LogP contribution is 2.37. The van der Waals surface area contributed by atoms with Gasteiger partial charge in [0.1, 0.15) is 0 Å². The molecule has 1 fully saturated rings. The Labute approximate surface area is 102 Å². The molecule has 0 spiro atoms. The summed E-state index contributed by atoms with van der Waals surface area (Å²) in [5.74, 6) is 0.949. The van der Waals surface area contributed by atoms with Crippen molar-refractivity contribution in [2.45, 2.75) is 70.9 Å². The van der Waals surface area contributed by atoms with Crippen molar-refractivity contribution in [1.29, 1.82) is 0 Å². The second-order valence-electron chi connectivity index (χ2n) is 5.65. The standard InChI is InChI=1S/C14H30N2/c1-5-12(3)16(4)14(11-15)9-7-13(6-2)8-10-14/h12-13H,5-11,15H2,1-4H3. The zero-order valence-electron chi connectivity index (χ0n) is 11.6. The van der Waals surface area contributed by atoms with Crippen molar-refractivity contribution in [1.82, 2.24) is 4.90 Å². The molecular weight excluding hydrogens is 196 g/mol. The fourth-order valence-electron chi connectivity index (χ4n) is 3.07. The van der Waals surface area contributed by atoms with Crippen molar-refractivity contribution in [2.75, 3.05) is 13.6 Å². The van der Waals surface area contributed by atoms with E-state index in [1.54, 1.807) is 0 Å². The van der Waals surface area contributed by atoms with E-state index in [4.69, 9.17) is 5.73 Å². The largest absolute Gasteiger partial charge is 0.329 e. The molecular formula is C14H30N2. The third-order valence-electron chi connectivity index (χ3n) is 4.99. The van der Waals surface area contributed by atoms with Gasteiger partial charge in [0.25, 0.3) is 0 Å². The molecule has 1 aliphatic rings. The van der Waals surface area contributed by atoms with Crippen LogP contribution in [0.5, 0.6) is 0 Å². The predicted octanol–water partition coefficient (Wildman–Crippen LogP) is 3.01. The summed E-state index contributed by atoms with van der Waals surface area (Å²) in [7, 11) is 2.27. The van der Waals surface area contributed by atoms with Crippen LogP contribution in [0, 0.1) is 5.92 Å². The van der Waals surface area contributed by atoms with Crippen LogP contribution in [0.2, 0.25) is 0 Å². The van der Waals surface area contributed by atoms with Crippen molar-refractivity contribution in [3.8, 4) is 0 Å². The quantitative estimate of drug-likeness (QED) is 0.781. The Balaban J connectivity index is 2.65. The van der Waals surface area contributed by atoms with Crippen molar-refractivity contribution >= 4 is 0 Å². The lowest BCUT2D eigenvalue weighted by atomic mass is 9.74. The van der Waals surface area contributed by atoms with Gasteiger partial charge in [0.15, 0.2) is 0 Å². The molecule has 1 saturated carbocycles. The fourth-order valence-corrected chi connectivity index (χ4v) is 3.07. The molecule has 0 aromatic rings. The Morgan fingerprint density at radius 2 is 1.88 bits per heavy atom. The minimum absolute atomic E-state index is 0.293. The smallest absolute Gasteiger partial charge is 0.0331 e. The van der Waals surface area contributed by atoms with Gasteiger partial charge in [-0.2, -0.15) is 0 Å². The molecule has 96 valence electrons. The minimum Gasteiger partial charge on any atom is -0.329 e. The number of nitrogens with two attached hydrogens (primary N) is 1. The van der Waals surface area contributed by atoms with Gasteiger partial charge in [-0.05, 0) is 52.0 Å². The van der Waals surface area contributed by atoms with Gasteiger partial charge >= 0.3 is 0 Å². The van der Waals surface area contributed by atoms with E-state index in [1.807, 2.05) is 0 Å². The molecule has 0 aromatic carbocycles. The highest BCUT2D eigenvalue weighted by atomic mass is 15.2. The lowest BCUT2D eigenvalue weighted by molar-refractivity contribution is 0.0339. The minimum atomic E-state index is 0.293. The Hall–Kier alpha value is -0.0800. The van der Waals surface area contributed by atoms with Crippen LogP contribution in [0.3, 0.4) is 0 Å². The topological polar surface area (TPSA) is 29.3 Å². The first-order valence-corrected chi connectivity index (χ1v) is 7.02. The van der Waals surface area contributed by atoms with Gasteiger partial charge in [-0.1, -0.05) is 20.3 Å². The molecule has 0 aromatic heterocycles. The summed E-state index contributed by atoms with van der Waals surface area (Å²) in [5.41, 5.74) is 6.37. The monoisotopic (exact) mass is 226 g/mol. The van der Waals surface area contributed by atoms with Gasteiger partial charge < -0.3 is 5.73 Å². The fraction of sp³-hybridized carbons (Fsp3) is 1.00. The normalized spacial score (nSPS) is 33.0. The number of nitrogens with zero attached hydrogens (tertiary/aromatic N) is 1. The Kier molecular flexibility index (Phi) is 5.26. The van der Waals surface area contributed by atoms with E-state index in [0.717, 1.165) is 12.5 Å². The van der Waals surface area contributed by atoms with Crippen molar-refractivity contribution in [3.63, 3.8) is 0 Å². The molecule has 0 saturated heterocycles. The summed E-state index contributed by atoms with van der Waals surface area (Å²) >= 11 is 0. The first kappa shape index (κ1) is 14.0. The average Bonchev–Trinajstić information content (AvgIpc) is 2.37. The maximum absolute atomic E-state index is 6.08. The van der Waals surface area contributed by atoms with E-state index in [9.17, 15) is 0 Å². The molecule has 1 rings (SSSR count). The molecule has 0 radical (unpaired) electrons. The average molecular weight is 226 g/mol. The Morgan fingerprint density at radius 3 is 2.25 bits per heavy atom. The third-order valence-corrected chi connectivity index (χ3v) is 4.99. The lowest BCUT2D eigenvalue weighted by Crippen LogP contribution is -2.56. The van der Waals surface area contributed by atoms with E-state index in [0.29, 0.717) is 11.6 Å². The van der Waals surface area contributed by atoms with Crippen molar-refractivity contribution in [2.24, 2.45) is 11.7 Å². The van der Waals surface area contributed by atoms with Gasteiger partial charge in [0, 0.05) is 18.1 Å². The maximum Gasteiger partial charge on any atom is 0.0331 e. The molecule has 2 N–H and O–H groups in total. The predicted molar refractivity (Wildman–Crippen MR) is 71.6 cm³/mol. The van der Waals surface area contributed by atoms with Gasteiger partial charge in [-0.3, -0.25) is 4.90 Å². The van der Waals surface area contributed by atoms with Crippen LogP contribution in [-0.4, -0.2) is 30.1 Å². The van der Waals surface area contributed by atoms with Crippen molar-refractivity contribution < 1.29 is 0 Å². The molecule has 2 heteroatoms. The summed E-state index contributed by atoms with van der Waals surface area (Å²) in [5, 5.41) is 0. The van der Waals surface area contributed by atoms with E-state index in [1.165, 1.54) is 38.5 Å². The SMILES string of the molecule is CCC1CCC(CN)(N(C)C(C)CC)CC1. The number of hydrogen-bond donors (Lipinski definition) is 1. The summed E-state index contributed by atoms with van der Waals surface area (Å²) in [6.45, 7) is 7.73. The van der Waals surface area contributed by atoms with Crippen LogP contribution in [0.1, 0.15) is 59.3 Å². The molecule has 2 nitrogen and oxygen atoms in total. The Bertz CT molecular complexity index is 195. The number of likely N-dealkylation sites (N-methyl/N-ethyl adjacent to an activating group) is 1. The molecule has 1 aliphatic carbocycles. The second kappa shape index (κ2) is 6.02. The lowest BCUT2D eigenvalue weighted by Gasteiger charge is -2.48. The van der Waals surface area contributed by atoms with E-state index >= 15 is 0 Å². The highest BCUT2D eigenvalue weighted by Gasteiger charge is 2.38. The molecule has 0 aliphatic heterocycles. The molecule has 0 heterocycles. The Morgan fingerprint density at radius 1 is 1.31 bits per heavy atom. The van der Waals surface area contributed by atoms with Crippen LogP contribution in [0.15, 0.2) is 0 Å². The molecule has 1 atom stereocenters. The summed E-state index contributed by atoms with van der Waals surface area (Å²) in [4.78, 5) is 2.55. The van der Waals surface area contributed by atoms with Crippen LogP contribution in [-0.2, 0) is 0 Å². The molecule has 0 bridgehead atoms. The maximum atomic E-state index is 6.08. The van der Waals surface area contributed by atoms with E-state index in [-0.39, 0.29) is 0 Å². The van der Waals surface area contributed by atoms with Crippen LogP contribution < -0.4 is 5.73 Å². The van der Waals surface area contributed by atoms with Crippen LogP contribution in [0.4, 0.5) is 0 Å². The van der Waals surface area contributed by atoms with Gasteiger partial charge in [0.05, 0.1) is 0 Å². The van der Waals surface area contributed by atoms with Crippen LogP contribution in [0.25, 0.3) is 0 Å². The highest BCUT2D eigenvalue weighted by molar-refractivity contribution is 4.96.